The molecule has 0 saturated heterocycles. The van der Waals surface area contributed by atoms with Gasteiger partial charge in [0.25, 0.3) is 0 Å². The lowest BCUT2D eigenvalue weighted by Crippen LogP contribution is -2.33. The number of aromatic carboxylic acids is 1. The summed E-state index contributed by atoms with van der Waals surface area (Å²) in [5, 5.41) is 10.0. The number of unbranched alkanes of at least 4 members (excludes halogenated alkanes) is 5. The Kier molecular flexibility index (Phi) is 10.4. The minimum atomic E-state index is -2.47. The Morgan fingerprint density at radius 3 is 1.70 bits per heavy atom. The molecule has 8 heteroatoms. The number of hydrogen-bond acceptors (Lipinski definition) is 2. The first-order valence-electron chi connectivity index (χ1n) is 9.80. The van der Waals surface area contributed by atoms with Gasteiger partial charge in [-0.3, -0.25) is 0 Å². The number of carboxylic acids is 1. The van der Waals surface area contributed by atoms with Crippen LogP contribution in [0, 0.1) is 42.9 Å². The number of pyridine rings is 1. The zero-order chi connectivity index (χ0) is 22.8. The van der Waals surface area contributed by atoms with Crippen molar-refractivity contribution >= 4 is 5.97 Å². The van der Waals surface area contributed by atoms with Gasteiger partial charge in [0.1, 0.15) is 6.54 Å². The number of carbonyl (C=O) groups excluding carboxylic acids is 1. The summed E-state index contributed by atoms with van der Waals surface area (Å²) in [7, 11) is 0. The molecule has 1 aromatic heterocycles. The maximum atomic E-state index is 12.5. The van der Waals surface area contributed by atoms with Crippen LogP contribution in [0.5, 0.6) is 0 Å². The number of rotatable bonds is 8. The second-order valence-corrected chi connectivity index (χ2v) is 7.13. The fraction of sp³-hybridized carbons (Fsp3) is 0.455. The molecule has 3 nitrogen and oxygen atoms in total. The van der Waals surface area contributed by atoms with E-state index in [0.717, 1.165) is 0 Å². The summed E-state index contributed by atoms with van der Waals surface area (Å²) in [5.41, 5.74) is 0.762. The van der Waals surface area contributed by atoms with Crippen LogP contribution in [-0.4, -0.2) is 5.97 Å². The van der Waals surface area contributed by atoms with Gasteiger partial charge < -0.3 is 9.90 Å². The maximum Gasteiger partial charge on any atom is 0.200 e. The Balaban J connectivity index is 0.000000303. The summed E-state index contributed by atoms with van der Waals surface area (Å²) in [6.45, 7) is 7.79. The van der Waals surface area contributed by atoms with E-state index in [2.05, 4.69) is 43.8 Å². The topological polar surface area (TPSA) is 44.0 Å². The minimum absolute atomic E-state index is 1.18. The van der Waals surface area contributed by atoms with E-state index < -0.39 is 40.6 Å². The van der Waals surface area contributed by atoms with Gasteiger partial charge in [0, 0.05) is 17.5 Å². The van der Waals surface area contributed by atoms with Crippen molar-refractivity contribution in [3.8, 4) is 0 Å². The van der Waals surface area contributed by atoms with Crippen molar-refractivity contribution in [1.82, 2.24) is 0 Å². The highest BCUT2D eigenvalue weighted by Crippen LogP contribution is 2.22. The first kappa shape index (κ1) is 25.5. The number of benzene rings is 1. The molecule has 0 radical (unpaired) electrons. The molecule has 2 aromatic rings. The maximum absolute atomic E-state index is 12.5. The van der Waals surface area contributed by atoms with Gasteiger partial charge in [0.2, 0.25) is 5.82 Å². The number of aromatic nitrogens is 1. The number of carbonyl (C=O) groups is 1. The van der Waals surface area contributed by atoms with Gasteiger partial charge >= 0.3 is 0 Å². The molecule has 0 amide bonds. The highest BCUT2D eigenvalue weighted by Gasteiger charge is 2.25. The van der Waals surface area contributed by atoms with E-state index in [1.165, 1.54) is 56.2 Å². The Hall–Kier alpha value is -2.51. The second-order valence-electron chi connectivity index (χ2n) is 7.13. The lowest BCUT2D eigenvalue weighted by Gasteiger charge is -2.07. The van der Waals surface area contributed by atoms with Crippen molar-refractivity contribution in [3.63, 3.8) is 0 Å². The Morgan fingerprint density at radius 2 is 1.23 bits per heavy atom. The molecule has 0 unspecified atom stereocenters. The van der Waals surface area contributed by atoms with Crippen LogP contribution in [0.1, 0.15) is 66.9 Å². The van der Waals surface area contributed by atoms with Gasteiger partial charge in [-0.2, -0.15) is 0 Å². The smallest absolute Gasteiger partial charge is 0.200 e. The molecule has 2 rings (SSSR count). The van der Waals surface area contributed by atoms with Crippen molar-refractivity contribution in [3.05, 3.63) is 64.2 Å². The molecule has 0 aliphatic rings. The molecule has 0 N–H and O–H groups in total. The fourth-order valence-electron chi connectivity index (χ4n) is 2.98. The van der Waals surface area contributed by atoms with Crippen molar-refractivity contribution in [2.75, 3.05) is 0 Å². The molecule has 30 heavy (non-hydrogen) atoms. The van der Waals surface area contributed by atoms with Crippen molar-refractivity contribution in [1.29, 1.82) is 0 Å². The molecule has 0 saturated carbocycles. The van der Waals surface area contributed by atoms with E-state index >= 15 is 0 Å². The van der Waals surface area contributed by atoms with Gasteiger partial charge in [-0.15, -0.1) is 0 Å². The normalized spacial score (nSPS) is 10.5. The monoisotopic (exact) mass is 431 g/mol. The largest absolute Gasteiger partial charge is 0.545 e. The summed E-state index contributed by atoms with van der Waals surface area (Å²) in [6, 6.07) is 2.23. The molecular weight excluding hydrogens is 405 g/mol. The first-order chi connectivity index (χ1) is 14.1. The number of aryl methyl sites for hydroxylation is 3. The molecule has 0 aliphatic carbocycles. The zero-order valence-electron chi connectivity index (χ0n) is 17.3. The molecule has 166 valence electrons. The minimum Gasteiger partial charge on any atom is -0.545 e. The van der Waals surface area contributed by atoms with E-state index in [1.807, 2.05) is 0 Å². The van der Waals surface area contributed by atoms with Crippen molar-refractivity contribution < 1.29 is 36.4 Å². The van der Waals surface area contributed by atoms with Gasteiger partial charge in [-0.1, -0.05) is 32.6 Å². The van der Waals surface area contributed by atoms with Crippen LogP contribution >= 0.6 is 0 Å². The van der Waals surface area contributed by atoms with Gasteiger partial charge in [-0.25, -0.2) is 26.5 Å². The highest BCUT2D eigenvalue weighted by molar-refractivity contribution is 5.86. The van der Waals surface area contributed by atoms with Crippen molar-refractivity contribution in [2.45, 2.75) is 65.8 Å². The number of halogens is 5. The van der Waals surface area contributed by atoms with Crippen LogP contribution in [0.2, 0.25) is 0 Å². The van der Waals surface area contributed by atoms with Crippen LogP contribution in [0.25, 0.3) is 0 Å². The third kappa shape index (κ3) is 7.39. The third-order valence-corrected chi connectivity index (χ3v) is 4.38. The quantitative estimate of drug-likeness (QED) is 0.200. The average molecular weight is 431 g/mol. The Labute approximate surface area is 173 Å². The average Bonchev–Trinajstić information content (AvgIpc) is 2.67. The van der Waals surface area contributed by atoms with Crippen LogP contribution in [0.4, 0.5) is 22.0 Å². The van der Waals surface area contributed by atoms with Crippen LogP contribution < -0.4 is 9.67 Å². The summed E-state index contributed by atoms with van der Waals surface area (Å²) in [4.78, 5) is 10.0. The fourth-order valence-corrected chi connectivity index (χ4v) is 2.98. The van der Waals surface area contributed by atoms with E-state index in [9.17, 15) is 31.9 Å². The van der Waals surface area contributed by atoms with E-state index in [1.54, 1.807) is 0 Å². The van der Waals surface area contributed by atoms with E-state index in [-0.39, 0.29) is 0 Å². The zero-order valence-corrected chi connectivity index (χ0v) is 17.3. The molecule has 0 aliphatic heterocycles. The Bertz CT molecular complexity index is 822. The van der Waals surface area contributed by atoms with Crippen molar-refractivity contribution in [2.24, 2.45) is 0 Å². The molecule has 0 fully saturated rings. The van der Waals surface area contributed by atoms with Crippen LogP contribution in [0.15, 0.2) is 18.5 Å². The van der Waals surface area contributed by atoms with E-state index in [4.69, 9.17) is 0 Å². The number of hydrogen-bond donors (Lipinski definition) is 0. The lowest BCUT2D eigenvalue weighted by atomic mass is 10.1. The second kappa shape index (κ2) is 12.2. The molecule has 1 heterocycles. The molecule has 0 atom stereocenters. The predicted molar refractivity (Wildman–Crippen MR) is 100 cm³/mol. The third-order valence-electron chi connectivity index (χ3n) is 4.38. The summed E-state index contributed by atoms with van der Waals surface area (Å²) >= 11 is 0. The van der Waals surface area contributed by atoms with Gasteiger partial charge in [0.15, 0.2) is 35.7 Å². The molecule has 0 spiro atoms. The molecular formula is C22H26F5NO2. The number of nitrogens with zero attached hydrogens (tertiary/aromatic N) is 1. The summed E-state index contributed by atoms with van der Waals surface area (Å²) in [6.07, 6.45) is 12.7. The van der Waals surface area contributed by atoms with Gasteiger partial charge in [-0.05, 0) is 26.3 Å². The van der Waals surface area contributed by atoms with Gasteiger partial charge in [0.05, 0.1) is 11.5 Å². The van der Waals surface area contributed by atoms with Crippen LogP contribution in [0.3, 0.4) is 0 Å². The highest BCUT2D eigenvalue weighted by atomic mass is 19.2. The predicted octanol–water partition coefficient (Wildman–Crippen LogP) is 4.70. The first-order valence-corrected chi connectivity index (χ1v) is 9.80. The lowest BCUT2D eigenvalue weighted by molar-refractivity contribution is -0.698. The standard InChI is InChI=1S/C15H26N.C7HF5O2/c1-4-5-6-7-8-9-10-16-12-14(2)11-15(3)13-16;8-2-1(7(13)14)3(9)5(11)6(12)4(2)10/h11-13H,4-10H2,1-3H3;(H,13,14)/q+1;/p-1. The molecule has 1 aromatic carbocycles. The number of carboxylic acid groups (broad SMARTS) is 1. The van der Waals surface area contributed by atoms with E-state index in [0.29, 0.717) is 0 Å². The summed E-state index contributed by atoms with van der Waals surface area (Å²) < 4.78 is 64.3. The SMILES string of the molecule is CCCCCCCC[n+]1cc(C)cc(C)c1.O=C([O-])c1c(F)c(F)c(F)c(F)c1F. The Morgan fingerprint density at radius 1 is 0.800 bits per heavy atom. The molecule has 0 bridgehead atoms. The van der Waals surface area contributed by atoms with Crippen LogP contribution in [-0.2, 0) is 6.54 Å². The summed E-state index contributed by atoms with van der Waals surface area (Å²) in [5.74, 6) is -14.4.